The maximum Gasteiger partial charge on any atom is 0.305 e. The monoisotopic (exact) mass is 512 g/mol. The number of benzene rings is 2. The highest BCUT2D eigenvalue weighted by Crippen LogP contribution is 2.28. The molecule has 1 N–H and O–H groups in total. The van der Waals surface area contributed by atoms with Gasteiger partial charge in [0.15, 0.2) is 5.78 Å². The Morgan fingerprint density at radius 1 is 0.921 bits per heavy atom. The Morgan fingerprint density at radius 2 is 1.68 bits per heavy atom. The number of methoxy groups -OCH3 is 1. The van der Waals surface area contributed by atoms with Crippen LogP contribution >= 0.6 is 0 Å². The van der Waals surface area contributed by atoms with Crippen LogP contribution in [0, 0.1) is 0 Å². The van der Waals surface area contributed by atoms with Gasteiger partial charge in [0.1, 0.15) is 5.69 Å². The summed E-state index contributed by atoms with van der Waals surface area (Å²) in [5.41, 5.74) is 4.21. The number of esters is 1. The van der Waals surface area contributed by atoms with Crippen LogP contribution in [0.4, 0.5) is 5.69 Å². The summed E-state index contributed by atoms with van der Waals surface area (Å²) in [5, 5.41) is 11.9. The maximum atomic E-state index is 12.4. The van der Waals surface area contributed by atoms with E-state index in [1.165, 1.54) is 7.11 Å². The lowest BCUT2D eigenvalue weighted by molar-refractivity contribution is -0.140. The molecule has 0 bridgehead atoms. The highest BCUT2D eigenvalue weighted by atomic mass is 16.5. The van der Waals surface area contributed by atoms with E-state index >= 15 is 0 Å². The van der Waals surface area contributed by atoms with Gasteiger partial charge in [-0.2, -0.15) is 0 Å². The van der Waals surface area contributed by atoms with Crippen LogP contribution in [0.5, 0.6) is 0 Å². The molecule has 0 saturated carbocycles. The van der Waals surface area contributed by atoms with Crippen molar-refractivity contribution in [1.29, 1.82) is 0 Å². The van der Waals surface area contributed by atoms with Crippen molar-refractivity contribution < 1.29 is 18.7 Å². The van der Waals surface area contributed by atoms with Crippen LogP contribution in [0.1, 0.15) is 67.4 Å². The van der Waals surface area contributed by atoms with Gasteiger partial charge in [0.25, 0.3) is 5.89 Å². The van der Waals surface area contributed by atoms with Crippen molar-refractivity contribution >= 4 is 17.4 Å². The van der Waals surface area contributed by atoms with Crippen LogP contribution in [0.3, 0.4) is 0 Å². The fraction of sp³-hybridized carbons (Fsp3) is 0.300. The summed E-state index contributed by atoms with van der Waals surface area (Å²) >= 11 is 0. The molecule has 4 rings (SSSR count). The molecule has 2 aromatic heterocycles. The molecular weight excluding hydrogens is 480 g/mol. The highest BCUT2D eigenvalue weighted by Gasteiger charge is 2.15. The van der Waals surface area contributed by atoms with Gasteiger partial charge in [0.05, 0.1) is 13.2 Å². The molecule has 0 aliphatic carbocycles. The normalized spacial score (nSPS) is 11.6. The highest BCUT2D eigenvalue weighted by molar-refractivity contribution is 5.96. The number of anilines is 1. The van der Waals surface area contributed by atoms with Crippen LogP contribution in [0.25, 0.3) is 23.0 Å². The van der Waals surface area contributed by atoms with E-state index < -0.39 is 0 Å². The number of nitrogens with zero attached hydrogens (tertiary/aromatic N) is 3. The van der Waals surface area contributed by atoms with Gasteiger partial charge in [-0.05, 0) is 66.9 Å². The number of carbonyl (C=O) groups is 2. The Balaban J connectivity index is 1.41. The van der Waals surface area contributed by atoms with Crippen molar-refractivity contribution in [3.63, 3.8) is 0 Å². The maximum absolute atomic E-state index is 12.4. The average Bonchev–Trinajstić information content (AvgIpc) is 3.46. The summed E-state index contributed by atoms with van der Waals surface area (Å²) in [4.78, 5) is 28.0. The molecule has 0 unspecified atom stereocenters. The van der Waals surface area contributed by atoms with Crippen LogP contribution < -0.4 is 5.32 Å². The minimum absolute atomic E-state index is 0.0193. The second kappa shape index (κ2) is 13.3. The average molecular weight is 513 g/mol. The van der Waals surface area contributed by atoms with Gasteiger partial charge in [-0.15, -0.1) is 10.2 Å². The molecule has 8 heteroatoms. The van der Waals surface area contributed by atoms with E-state index in [0.717, 1.165) is 36.1 Å². The van der Waals surface area contributed by atoms with Crippen LogP contribution in [0.15, 0.2) is 77.3 Å². The zero-order valence-electron chi connectivity index (χ0n) is 21.7. The molecule has 8 nitrogen and oxygen atoms in total. The minimum Gasteiger partial charge on any atom is -0.469 e. The van der Waals surface area contributed by atoms with Gasteiger partial charge >= 0.3 is 5.97 Å². The molecule has 38 heavy (non-hydrogen) atoms. The molecule has 0 saturated heterocycles. The topological polar surface area (TPSA) is 107 Å². The Labute approximate surface area is 222 Å². The molecule has 0 spiro atoms. The number of ether oxygens (including phenoxy) is 1. The third-order valence-corrected chi connectivity index (χ3v) is 6.28. The summed E-state index contributed by atoms with van der Waals surface area (Å²) in [7, 11) is 1.35. The van der Waals surface area contributed by atoms with E-state index in [0.29, 0.717) is 35.9 Å². The number of aromatic nitrogens is 3. The fourth-order valence-corrected chi connectivity index (χ4v) is 4.11. The van der Waals surface area contributed by atoms with Crippen molar-refractivity contribution in [2.45, 2.75) is 51.5 Å². The Kier molecular flexibility index (Phi) is 9.34. The van der Waals surface area contributed by atoms with E-state index in [-0.39, 0.29) is 24.2 Å². The SMILES string of the molecule is CCCC[C@H](Nc1ccc(C(=O)CCCC(=O)OC)cc1)c1ccc(-c2nnc(-c3ccccn3)o2)cc1. The summed E-state index contributed by atoms with van der Waals surface area (Å²) in [6, 6.07) is 21.3. The Hall–Kier alpha value is -4.33. The second-order valence-electron chi connectivity index (χ2n) is 9.02. The van der Waals surface area contributed by atoms with E-state index in [4.69, 9.17) is 4.42 Å². The largest absolute Gasteiger partial charge is 0.469 e. The summed E-state index contributed by atoms with van der Waals surface area (Å²) < 4.78 is 10.5. The third kappa shape index (κ3) is 7.12. The first-order chi connectivity index (χ1) is 18.6. The van der Waals surface area contributed by atoms with Crippen molar-refractivity contribution in [3.8, 4) is 23.0 Å². The molecule has 4 aromatic rings. The van der Waals surface area contributed by atoms with E-state index in [1.54, 1.807) is 6.20 Å². The van der Waals surface area contributed by atoms with Gasteiger partial charge in [0.2, 0.25) is 5.89 Å². The summed E-state index contributed by atoms with van der Waals surface area (Å²) in [5.74, 6) is 0.556. The molecule has 0 radical (unpaired) electrons. The molecular formula is C30H32N4O4. The second-order valence-corrected chi connectivity index (χ2v) is 9.02. The van der Waals surface area contributed by atoms with E-state index in [2.05, 4.69) is 44.3 Å². The molecule has 0 fully saturated rings. The number of hydrogen-bond acceptors (Lipinski definition) is 8. The minimum atomic E-state index is -0.296. The number of unbranched alkanes of at least 4 members (excludes halogenated alkanes) is 1. The van der Waals surface area contributed by atoms with Crippen molar-refractivity contribution in [2.24, 2.45) is 0 Å². The van der Waals surface area contributed by atoms with E-state index in [9.17, 15) is 9.59 Å². The summed E-state index contributed by atoms with van der Waals surface area (Å²) in [6.07, 6.45) is 5.87. The molecule has 1 atom stereocenters. The molecule has 2 heterocycles. The standard InChI is InChI=1S/C30H32N4O4/c1-3-4-8-25(32-24-18-16-22(17-19-24)27(35)10-7-11-28(36)37-2)21-12-14-23(15-13-21)29-33-34-30(38-29)26-9-5-6-20-31-26/h5-6,9,12-20,25,32H,3-4,7-8,10-11H2,1-2H3/t25-/m0/s1. The van der Waals surface area contributed by atoms with E-state index in [1.807, 2.05) is 54.6 Å². The fourth-order valence-electron chi connectivity index (χ4n) is 4.11. The van der Waals surface area contributed by atoms with Crippen LogP contribution in [-0.4, -0.2) is 34.0 Å². The van der Waals surface area contributed by atoms with Gasteiger partial charge in [-0.3, -0.25) is 14.6 Å². The number of pyridine rings is 1. The number of hydrogen-bond donors (Lipinski definition) is 1. The molecule has 0 amide bonds. The molecule has 0 aliphatic rings. The molecule has 0 aliphatic heterocycles. The van der Waals surface area contributed by atoms with Crippen molar-refractivity contribution in [2.75, 3.05) is 12.4 Å². The first-order valence-electron chi connectivity index (χ1n) is 12.9. The molecule has 196 valence electrons. The lowest BCUT2D eigenvalue weighted by Crippen LogP contribution is -2.11. The zero-order valence-corrected chi connectivity index (χ0v) is 21.7. The third-order valence-electron chi connectivity index (χ3n) is 6.28. The number of carbonyl (C=O) groups excluding carboxylic acids is 2. The first-order valence-corrected chi connectivity index (χ1v) is 12.9. The first kappa shape index (κ1) is 26.7. The number of nitrogens with one attached hydrogen (secondary N) is 1. The lowest BCUT2D eigenvalue weighted by Gasteiger charge is -2.21. The number of rotatable bonds is 13. The van der Waals surface area contributed by atoms with Crippen LogP contribution in [-0.2, 0) is 9.53 Å². The number of ketones is 1. The predicted octanol–water partition coefficient (Wildman–Crippen LogP) is 6.67. The van der Waals surface area contributed by atoms with Crippen molar-refractivity contribution in [3.05, 3.63) is 84.1 Å². The Morgan fingerprint density at radius 3 is 2.37 bits per heavy atom. The van der Waals surface area contributed by atoms with Gasteiger partial charge in [-0.25, -0.2) is 0 Å². The quantitative estimate of drug-likeness (QED) is 0.156. The Bertz CT molecular complexity index is 1320. The van der Waals surface area contributed by atoms with Gasteiger partial charge < -0.3 is 14.5 Å². The summed E-state index contributed by atoms with van der Waals surface area (Å²) in [6.45, 7) is 2.18. The molecule has 2 aromatic carbocycles. The smallest absolute Gasteiger partial charge is 0.305 e. The zero-order chi connectivity index (χ0) is 26.7. The number of Topliss-reactive ketones (excluding diaryl/α,β-unsaturated/α-hetero) is 1. The van der Waals surface area contributed by atoms with Crippen molar-refractivity contribution in [1.82, 2.24) is 15.2 Å². The predicted molar refractivity (Wildman–Crippen MR) is 145 cm³/mol. The van der Waals surface area contributed by atoms with Gasteiger partial charge in [-0.1, -0.05) is 38.0 Å². The van der Waals surface area contributed by atoms with Gasteiger partial charge in [0, 0.05) is 35.9 Å². The lowest BCUT2D eigenvalue weighted by atomic mass is 9.99. The van der Waals surface area contributed by atoms with Crippen LogP contribution in [0.2, 0.25) is 0 Å².